The van der Waals surface area contributed by atoms with Crippen LogP contribution in [0.25, 0.3) is 0 Å². The lowest BCUT2D eigenvalue weighted by molar-refractivity contribution is 0.146. The molecular formula is C7H5Cl2F2N. The van der Waals surface area contributed by atoms with E-state index in [0.717, 1.165) is 0 Å². The van der Waals surface area contributed by atoms with E-state index in [1.807, 2.05) is 0 Å². The van der Waals surface area contributed by atoms with Crippen molar-refractivity contribution < 1.29 is 8.78 Å². The molecule has 0 aliphatic carbocycles. The Balaban J connectivity index is 3.05. The van der Waals surface area contributed by atoms with Crippen LogP contribution in [0.1, 0.15) is 17.7 Å². The molecule has 0 N–H and O–H groups in total. The normalized spacial score (nSPS) is 10.8. The summed E-state index contributed by atoms with van der Waals surface area (Å²) >= 11 is 11.1. The Kier molecular flexibility index (Phi) is 3.23. The highest BCUT2D eigenvalue weighted by Crippen LogP contribution is 2.22. The second-order valence-corrected chi connectivity index (χ2v) is 2.81. The van der Waals surface area contributed by atoms with Gasteiger partial charge in [-0.1, -0.05) is 11.6 Å². The molecule has 0 spiro atoms. The monoisotopic (exact) mass is 211 g/mol. The molecule has 1 nitrogen and oxygen atoms in total. The van der Waals surface area contributed by atoms with E-state index in [0.29, 0.717) is 10.6 Å². The molecule has 1 aromatic heterocycles. The Morgan fingerprint density at radius 3 is 2.67 bits per heavy atom. The van der Waals surface area contributed by atoms with E-state index < -0.39 is 6.43 Å². The third-order valence-corrected chi connectivity index (χ3v) is 1.95. The van der Waals surface area contributed by atoms with Crippen molar-refractivity contribution in [3.63, 3.8) is 0 Å². The summed E-state index contributed by atoms with van der Waals surface area (Å²) in [6.45, 7) is 0. The van der Waals surface area contributed by atoms with Gasteiger partial charge in [0.05, 0.1) is 5.02 Å². The molecule has 0 saturated heterocycles. The van der Waals surface area contributed by atoms with Crippen molar-refractivity contribution in [3.05, 3.63) is 28.5 Å². The summed E-state index contributed by atoms with van der Waals surface area (Å²) in [6.07, 6.45) is -1.40. The van der Waals surface area contributed by atoms with Crippen molar-refractivity contribution in [2.45, 2.75) is 12.3 Å². The lowest BCUT2D eigenvalue weighted by Crippen LogP contribution is -1.92. The number of hydrogen-bond acceptors (Lipinski definition) is 1. The van der Waals surface area contributed by atoms with Gasteiger partial charge in [0.15, 0.2) is 0 Å². The molecule has 0 atom stereocenters. The number of pyridine rings is 1. The van der Waals surface area contributed by atoms with Crippen LogP contribution in [0.4, 0.5) is 8.78 Å². The number of rotatable bonds is 2. The van der Waals surface area contributed by atoms with Gasteiger partial charge in [-0.15, -0.1) is 11.6 Å². The summed E-state index contributed by atoms with van der Waals surface area (Å²) in [5.74, 6) is 0.112. The molecule has 12 heavy (non-hydrogen) atoms. The molecule has 1 aromatic rings. The van der Waals surface area contributed by atoms with E-state index in [1.54, 1.807) is 0 Å². The van der Waals surface area contributed by atoms with E-state index in [-0.39, 0.29) is 11.6 Å². The van der Waals surface area contributed by atoms with Crippen LogP contribution in [-0.2, 0) is 5.88 Å². The summed E-state index contributed by atoms with van der Waals surface area (Å²) in [5, 5.41) is 0.314. The molecule has 1 heterocycles. The topological polar surface area (TPSA) is 12.9 Å². The molecule has 0 saturated carbocycles. The molecule has 0 amide bonds. The average Bonchev–Trinajstić information content (AvgIpc) is 2.05. The lowest BCUT2D eigenvalue weighted by atomic mass is 10.2. The molecular weight excluding hydrogens is 207 g/mol. The molecule has 5 heteroatoms. The number of aromatic nitrogens is 1. The molecule has 0 aliphatic heterocycles. The average molecular weight is 212 g/mol. The number of halogens is 4. The molecule has 0 radical (unpaired) electrons. The minimum Gasteiger partial charge on any atom is -0.254 e. The SMILES string of the molecule is FC(F)c1cc(CCl)c(Cl)cn1. The van der Waals surface area contributed by atoms with Gasteiger partial charge < -0.3 is 0 Å². The standard InChI is InChI=1S/C7H5Cl2F2N/c8-2-4-1-6(7(10)11)12-3-5(4)9/h1,3,7H,2H2. The van der Waals surface area contributed by atoms with Gasteiger partial charge in [0.1, 0.15) is 5.69 Å². The maximum absolute atomic E-state index is 12.1. The summed E-state index contributed by atoms with van der Waals surface area (Å²) in [5.41, 5.74) is 0.179. The first-order valence-electron chi connectivity index (χ1n) is 3.13. The third-order valence-electron chi connectivity index (χ3n) is 1.32. The molecule has 0 aromatic carbocycles. The van der Waals surface area contributed by atoms with Crippen molar-refractivity contribution in [3.8, 4) is 0 Å². The Labute approximate surface area is 78.3 Å². The summed E-state index contributed by atoms with van der Waals surface area (Å²) in [4.78, 5) is 3.45. The van der Waals surface area contributed by atoms with Gasteiger partial charge in [-0.05, 0) is 11.6 Å². The smallest absolute Gasteiger partial charge is 0.254 e. The third kappa shape index (κ3) is 2.05. The fourth-order valence-corrected chi connectivity index (χ4v) is 1.18. The molecule has 66 valence electrons. The molecule has 0 unspecified atom stereocenters. The molecule has 0 aliphatic rings. The van der Waals surface area contributed by atoms with Gasteiger partial charge >= 0.3 is 0 Å². The van der Waals surface area contributed by atoms with Crippen molar-refractivity contribution in [2.75, 3.05) is 0 Å². The number of nitrogens with zero attached hydrogens (tertiary/aromatic N) is 1. The molecule has 0 fully saturated rings. The highest BCUT2D eigenvalue weighted by molar-refractivity contribution is 6.32. The fourth-order valence-electron chi connectivity index (χ4n) is 0.721. The highest BCUT2D eigenvalue weighted by atomic mass is 35.5. The van der Waals surface area contributed by atoms with Gasteiger partial charge in [-0.25, -0.2) is 8.78 Å². The Morgan fingerprint density at radius 1 is 1.50 bits per heavy atom. The Bertz CT molecular complexity index is 278. The second-order valence-electron chi connectivity index (χ2n) is 2.13. The van der Waals surface area contributed by atoms with Crippen LogP contribution in [0.5, 0.6) is 0 Å². The first-order chi connectivity index (χ1) is 5.65. The van der Waals surface area contributed by atoms with Crippen molar-refractivity contribution in [1.82, 2.24) is 4.98 Å². The summed E-state index contributed by atoms with van der Waals surface area (Å²) in [7, 11) is 0. The first kappa shape index (κ1) is 9.68. The van der Waals surface area contributed by atoms with Gasteiger partial charge in [-0.2, -0.15) is 0 Å². The quantitative estimate of drug-likeness (QED) is 0.684. The lowest BCUT2D eigenvalue weighted by Gasteiger charge is -2.02. The van der Waals surface area contributed by atoms with Crippen LogP contribution in [0, 0.1) is 0 Å². The molecule has 0 bridgehead atoms. The van der Waals surface area contributed by atoms with E-state index in [9.17, 15) is 8.78 Å². The van der Waals surface area contributed by atoms with Crippen LogP contribution in [0.15, 0.2) is 12.3 Å². The van der Waals surface area contributed by atoms with Gasteiger partial charge in [0, 0.05) is 12.1 Å². The molecule has 1 rings (SSSR count). The van der Waals surface area contributed by atoms with Gasteiger partial charge in [-0.3, -0.25) is 4.98 Å². The largest absolute Gasteiger partial charge is 0.280 e. The predicted molar refractivity (Wildman–Crippen MR) is 43.8 cm³/mol. The van der Waals surface area contributed by atoms with E-state index in [4.69, 9.17) is 23.2 Å². The zero-order chi connectivity index (χ0) is 9.14. The Morgan fingerprint density at radius 2 is 2.17 bits per heavy atom. The summed E-state index contributed by atoms with van der Waals surface area (Å²) < 4.78 is 24.1. The zero-order valence-corrected chi connectivity index (χ0v) is 7.41. The highest BCUT2D eigenvalue weighted by Gasteiger charge is 2.10. The van der Waals surface area contributed by atoms with E-state index in [1.165, 1.54) is 12.3 Å². The Hall–Kier alpha value is -0.410. The van der Waals surface area contributed by atoms with Crippen LogP contribution >= 0.6 is 23.2 Å². The first-order valence-corrected chi connectivity index (χ1v) is 4.05. The minimum absolute atomic E-state index is 0.112. The van der Waals surface area contributed by atoms with Crippen LogP contribution in [-0.4, -0.2) is 4.98 Å². The summed E-state index contributed by atoms with van der Waals surface area (Å²) in [6, 6.07) is 1.21. The van der Waals surface area contributed by atoms with Crippen LogP contribution < -0.4 is 0 Å². The van der Waals surface area contributed by atoms with Crippen molar-refractivity contribution in [2.24, 2.45) is 0 Å². The van der Waals surface area contributed by atoms with Gasteiger partial charge in [0.25, 0.3) is 6.43 Å². The number of hydrogen-bond donors (Lipinski definition) is 0. The van der Waals surface area contributed by atoms with Crippen molar-refractivity contribution in [1.29, 1.82) is 0 Å². The maximum Gasteiger partial charge on any atom is 0.280 e. The fraction of sp³-hybridized carbons (Fsp3) is 0.286. The van der Waals surface area contributed by atoms with E-state index >= 15 is 0 Å². The number of alkyl halides is 3. The van der Waals surface area contributed by atoms with Gasteiger partial charge in [0.2, 0.25) is 0 Å². The van der Waals surface area contributed by atoms with Crippen molar-refractivity contribution >= 4 is 23.2 Å². The van der Waals surface area contributed by atoms with Crippen LogP contribution in [0.3, 0.4) is 0 Å². The van der Waals surface area contributed by atoms with Crippen LogP contribution in [0.2, 0.25) is 5.02 Å². The van der Waals surface area contributed by atoms with E-state index in [2.05, 4.69) is 4.98 Å². The second kappa shape index (κ2) is 4.01. The minimum atomic E-state index is -2.58. The zero-order valence-electron chi connectivity index (χ0n) is 5.90. The maximum atomic E-state index is 12.1. The predicted octanol–water partition coefficient (Wildman–Crippen LogP) is 3.41.